The lowest BCUT2D eigenvalue weighted by molar-refractivity contribution is -0.142. The van der Waals surface area contributed by atoms with Crippen molar-refractivity contribution in [2.24, 2.45) is 0 Å². The summed E-state index contributed by atoms with van der Waals surface area (Å²) in [6.07, 6.45) is 0. The fourth-order valence-corrected chi connectivity index (χ4v) is 2.98. The van der Waals surface area contributed by atoms with Crippen LogP contribution in [-0.2, 0) is 9.53 Å². The molecule has 3 aromatic rings. The number of nitrogens with zero attached hydrogens (tertiary/aromatic N) is 2. The topological polar surface area (TPSA) is 82.4 Å². The minimum absolute atomic E-state index is 0.222. The molecule has 2 aromatic carbocycles. The second-order valence-electron chi connectivity index (χ2n) is 6.78. The second kappa shape index (κ2) is 8.60. The summed E-state index contributed by atoms with van der Waals surface area (Å²) >= 11 is 0. The molecule has 29 heavy (non-hydrogen) atoms. The summed E-state index contributed by atoms with van der Waals surface area (Å²) in [4.78, 5) is 24.0. The third-order valence-corrected chi connectivity index (χ3v) is 4.20. The molecule has 0 bridgehead atoms. The number of carbonyl (C=O) groups is 2. The number of ether oxygens (including phenoxy) is 2. The van der Waals surface area contributed by atoms with Gasteiger partial charge in [0.1, 0.15) is 11.6 Å². The van der Waals surface area contributed by atoms with E-state index in [1.54, 1.807) is 28.9 Å². The Morgan fingerprint density at radius 3 is 2.45 bits per heavy atom. The van der Waals surface area contributed by atoms with Crippen LogP contribution in [0.4, 0.5) is 5.82 Å². The summed E-state index contributed by atoms with van der Waals surface area (Å²) in [5.41, 5.74) is 4.29. The summed E-state index contributed by atoms with van der Waals surface area (Å²) in [7, 11) is 1.29. The van der Waals surface area contributed by atoms with Crippen molar-refractivity contribution in [3.8, 4) is 11.4 Å². The Morgan fingerprint density at radius 1 is 1.03 bits per heavy atom. The van der Waals surface area contributed by atoms with Crippen LogP contribution in [0.15, 0.2) is 48.5 Å². The van der Waals surface area contributed by atoms with Crippen LogP contribution in [0.3, 0.4) is 0 Å². The molecule has 150 valence electrons. The number of anilines is 1. The molecule has 7 heteroatoms. The van der Waals surface area contributed by atoms with Gasteiger partial charge >= 0.3 is 5.97 Å². The molecule has 0 saturated heterocycles. The number of hydrogen-bond acceptors (Lipinski definition) is 5. The maximum absolute atomic E-state index is 12.8. The molecule has 7 nitrogen and oxygen atoms in total. The van der Waals surface area contributed by atoms with Gasteiger partial charge in [0.05, 0.1) is 18.5 Å². The van der Waals surface area contributed by atoms with Crippen molar-refractivity contribution >= 4 is 17.7 Å². The van der Waals surface area contributed by atoms with E-state index >= 15 is 0 Å². The highest BCUT2D eigenvalue weighted by molar-refractivity contribution is 6.04. The molecule has 3 rings (SSSR count). The lowest BCUT2D eigenvalue weighted by atomic mass is 10.1. The van der Waals surface area contributed by atoms with Gasteiger partial charge in [-0.05, 0) is 62.2 Å². The summed E-state index contributed by atoms with van der Waals surface area (Å²) in [6.45, 7) is 5.69. The van der Waals surface area contributed by atoms with Gasteiger partial charge in [0.25, 0.3) is 5.91 Å². The SMILES string of the molecule is COC(=O)COc1cccc(C(=O)Nc2cc(C)nn2-c2cc(C)cc(C)c2)c1. The van der Waals surface area contributed by atoms with Crippen LogP contribution in [0.5, 0.6) is 5.75 Å². The smallest absolute Gasteiger partial charge is 0.343 e. The Hall–Kier alpha value is -3.61. The molecule has 0 saturated carbocycles. The fourth-order valence-electron chi connectivity index (χ4n) is 2.98. The number of carbonyl (C=O) groups excluding carboxylic acids is 2. The van der Waals surface area contributed by atoms with Crippen LogP contribution in [0.25, 0.3) is 5.69 Å². The second-order valence-corrected chi connectivity index (χ2v) is 6.78. The molecule has 1 heterocycles. The molecule has 0 radical (unpaired) electrons. The minimum atomic E-state index is -0.493. The molecule has 0 aliphatic rings. The molecule has 0 atom stereocenters. The number of esters is 1. The monoisotopic (exact) mass is 393 g/mol. The first-order valence-corrected chi connectivity index (χ1v) is 9.12. The van der Waals surface area contributed by atoms with E-state index in [2.05, 4.69) is 21.2 Å². The van der Waals surface area contributed by atoms with E-state index < -0.39 is 5.97 Å². The zero-order valence-electron chi connectivity index (χ0n) is 16.9. The largest absolute Gasteiger partial charge is 0.482 e. The lowest BCUT2D eigenvalue weighted by Crippen LogP contribution is -2.16. The molecule has 1 N–H and O–H groups in total. The first kappa shape index (κ1) is 20.1. The third-order valence-electron chi connectivity index (χ3n) is 4.20. The van der Waals surface area contributed by atoms with Crippen LogP contribution in [0.1, 0.15) is 27.2 Å². The Labute approximate surface area is 169 Å². The van der Waals surface area contributed by atoms with E-state index in [9.17, 15) is 9.59 Å². The predicted octanol–water partition coefficient (Wildman–Crippen LogP) is 3.60. The zero-order chi connectivity index (χ0) is 21.0. The summed E-state index contributed by atoms with van der Waals surface area (Å²) < 4.78 is 11.6. The molecule has 0 spiro atoms. The van der Waals surface area contributed by atoms with Gasteiger partial charge in [0.15, 0.2) is 6.61 Å². The quantitative estimate of drug-likeness (QED) is 0.647. The summed E-state index contributed by atoms with van der Waals surface area (Å²) in [6, 6.07) is 14.5. The van der Waals surface area contributed by atoms with E-state index in [0.29, 0.717) is 17.1 Å². The molecule has 1 aromatic heterocycles. The van der Waals surface area contributed by atoms with Gasteiger partial charge in [-0.15, -0.1) is 0 Å². The van der Waals surface area contributed by atoms with Gasteiger partial charge in [-0.2, -0.15) is 5.10 Å². The van der Waals surface area contributed by atoms with Gasteiger partial charge in [0, 0.05) is 11.6 Å². The highest BCUT2D eigenvalue weighted by atomic mass is 16.6. The maximum atomic E-state index is 12.8. The van der Waals surface area contributed by atoms with Crippen molar-refractivity contribution in [3.05, 3.63) is 70.9 Å². The van der Waals surface area contributed by atoms with Gasteiger partial charge in [-0.25, -0.2) is 9.48 Å². The number of hydrogen-bond donors (Lipinski definition) is 1. The number of aromatic nitrogens is 2. The molecule has 0 aliphatic heterocycles. The van der Waals surface area contributed by atoms with Crippen LogP contribution >= 0.6 is 0 Å². The molecular weight excluding hydrogens is 370 g/mol. The van der Waals surface area contributed by atoms with Crippen molar-refractivity contribution < 1.29 is 19.1 Å². The normalized spacial score (nSPS) is 10.5. The fraction of sp³-hybridized carbons (Fsp3) is 0.227. The van der Waals surface area contributed by atoms with Crippen molar-refractivity contribution in [1.29, 1.82) is 0 Å². The number of rotatable bonds is 6. The van der Waals surface area contributed by atoms with Crippen LogP contribution < -0.4 is 10.1 Å². The van der Waals surface area contributed by atoms with Gasteiger partial charge in [-0.1, -0.05) is 12.1 Å². The first-order valence-electron chi connectivity index (χ1n) is 9.12. The standard InChI is InChI=1S/C22H23N3O4/c1-14-8-15(2)10-18(9-14)25-20(11-16(3)24-25)23-22(27)17-6-5-7-19(12-17)29-13-21(26)28-4/h5-12H,13H2,1-4H3,(H,23,27). The molecule has 0 aliphatic carbocycles. The van der Waals surface area contributed by atoms with E-state index in [0.717, 1.165) is 22.5 Å². The first-order chi connectivity index (χ1) is 13.9. The number of benzene rings is 2. The summed E-state index contributed by atoms with van der Waals surface area (Å²) in [5.74, 6) is 0.173. The Balaban J connectivity index is 1.82. The van der Waals surface area contributed by atoms with Gasteiger partial charge < -0.3 is 14.8 Å². The maximum Gasteiger partial charge on any atom is 0.343 e. The van der Waals surface area contributed by atoms with E-state index in [1.807, 2.05) is 39.0 Å². The average molecular weight is 393 g/mol. The average Bonchev–Trinajstić information content (AvgIpc) is 3.05. The predicted molar refractivity (Wildman–Crippen MR) is 110 cm³/mol. The van der Waals surface area contributed by atoms with E-state index in [1.165, 1.54) is 7.11 Å². The highest BCUT2D eigenvalue weighted by Gasteiger charge is 2.14. The van der Waals surface area contributed by atoms with Gasteiger partial charge in [0.2, 0.25) is 0 Å². The molecule has 0 fully saturated rings. The van der Waals surface area contributed by atoms with E-state index in [-0.39, 0.29) is 12.5 Å². The highest BCUT2D eigenvalue weighted by Crippen LogP contribution is 2.21. The zero-order valence-corrected chi connectivity index (χ0v) is 16.9. The minimum Gasteiger partial charge on any atom is -0.482 e. The number of methoxy groups -OCH3 is 1. The van der Waals surface area contributed by atoms with Crippen molar-refractivity contribution in [1.82, 2.24) is 9.78 Å². The molecular formula is C22H23N3O4. The lowest BCUT2D eigenvalue weighted by Gasteiger charge is -2.11. The Morgan fingerprint density at radius 2 is 1.76 bits per heavy atom. The van der Waals surface area contributed by atoms with Crippen LogP contribution in [0.2, 0.25) is 0 Å². The Bertz CT molecular complexity index is 1040. The summed E-state index contributed by atoms with van der Waals surface area (Å²) in [5, 5.41) is 7.41. The molecule has 1 amide bonds. The number of aryl methyl sites for hydroxylation is 3. The molecule has 0 unspecified atom stereocenters. The van der Waals surface area contributed by atoms with Crippen molar-refractivity contribution in [3.63, 3.8) is 0 Å². The Kier molecular flexibility index (Phi) is 5.97. The van der Waals surface area contributed by atoms with Crippen molar-refractivity contribution in [2.75, 3.05) is 19.0 Å². The van der Waals surface area contributed by atoms with Gasteiger partial charge in [-0.3, -0.25) is 4.79 Å². The van der Waals surface area contributed by atoms with Crippen LogP contribution in [-0.4, -0.2) is 35.4 Å². The number of nitrogens with one attached hydrogen (secondary N) is 1. The van der Waals surface area contributed by atoms with Crippen LogP contribution in [0, 0.1) is 20.8 Å². The van der Waals surface area contributed by atoms with Crippen molar-refractivity contribution in [2.45, 2.75) is 20.8 Å². The number of amides is 1. The third kappa shape index (κ3) is 5.01. The van der Waals surface area contributed by atoms with E-state index in [4.69, 9.17) is 4.74 Å².